The van der Waals surface area contributed by atoms with Gasteiger partial charge in [-0.3, -0.25) is 9.48 Å². The number of aryl methyl sites for hydroxylation is 2. The lowest BCUT2D eigenvalue weighted by Crippen LogP contribution is -2.17. The van der Waals surface area contributed by atoms with Crippen molar-refractivity contribution in [3.63, 3.8) is 0 Å². The summed E-state index contributed by atoms with van der Waals surface area (Å²) in [5, 5.41) is 10.4. The van der Waals surface area contributed by atoms with Crippen molar-refractivity contribution in [2.45, 2.75) is 25.7 Å². The Morgan fingerprint density at radius 2 is 2.12 bits per heavy atom. The smallest absolute Gasteiger partial charge is 0.231 e. The van der Waals surface area contributed by atoms with Crippen molar-refractivity contribution in [1.29, 1.82) is 0 Å². The number of rotatable bonds is 4. The van der Waals surface area contributed by atoms with Gasteiger partial charge in [0.05, 0.1) is 17.8 Å². The monoisotopic (exact) mass is 338 g/mol. The Hall–Kier alpha value is -2.47. The van der Waals surface area contributed by atoms with Crippen LogP contribution in [0, 0.1) is 0 Å². The number of benzene rings is 1. The van der Waals surface area contributed by atoms with Crippen LogP contribution >= 0.6 is 11.3 Å². The maximum absolute atomic E-state index is 12.4. The first-order valence-electron chi connectivity index (χ1n) is 8.05. The Morgan fingerprint density at radius 3 is 2.96 bits per heavy atom. The van der Waals surface area contributed by atoms with E-state index in [4.69, 9.17) is 0 Å². The molecular formula is C18H18N4OS. The number of anilines is 1. The van der Waals surface area contributed by atoms with Gasteiger partial charge in [0.1, 0.15) is 10.8 Å². The highest BCUT2D eigenvalue weighted by Crippen LogP contribution is 2.28. The van der Waals surface area contributed by atoms with Crippen molar-refractivity contribution >= 4 is 23.1 Å². The number of aromatic nitrogens is 3. The van der Waals surface area contributed by atoms with Crippen LogP contribution in [0.2, 0.25) is 0 Å². The van der Waals surface area contributed by atoms with Crippen molar-refractivity contribution in [1.82, 2.24) is 14.8 Å². The van der Waals surface area contributed by atoms with Gasteiger partial charge in [0.25, 0.3) is 0 Å². The van der Waals surface area contributed by atoms with Crippen LogP contribution in [0.5, 0.6) is 0 Å². The van der Waals surface area contributed by atoms with Crippen LogP contribution < -0.4 is 5.32 Å². The first-order valence-corrected chi connectivity index (χ1v) is 8.93. The Kier molecular flexibility index (Phi) is 3.90. The number of thiazole rings is 1. The van der Waals surface area contributed by atoms with Gasteiger partial charge in [0, 0.05) is 23.6 Å². The second-order valence-corrected chi connectivity index (χ2v) is 6.84. The molecule has 0 radical (unpaired) electrons. The molecule has 24 heavy (non-hydrogen) atoms. The molecule has 1 aliphatic rings. The largest absolute Gasteiger partial charge is 0.310 e. The highest BCUT2D eigenvalue weighted by atomic mass is 32.1. The van der Waals surface area contributed by atoms with Gasteiger partial charge in [-0.25, -0.2) is 4.98 Å². The van der Waals surface area contributed by atoms with Gasteiger partial charge in [0.15, 0.2) is 0 Å². The number of amides is 1. The fourth-order valence-electron chi connectivity index (χ4n) is 3.12. The fraction of sp³-hybridized carbons (Fsp3) is 0.278. The molecule has 5 nitrogen and oxygen atoms in total. The molecule has 6 heteroatoms. The van der Waals surface area contributed by atoms with E-state index in [1.807, 2.05) is 42.8 Å². The predicted molar refractivity (Wildman–Crippen MR) is 95.1 cm³/mol. The van der Waals surface area contributed by atoms with Crippen molar-refractivity contribution in [2.75, 3.05) is 5.32 Å². The quantitative estimate of drug-likeness (QED) is 0.794. The summed E-state index contributed by atoms with van der Waals surface area (Å²) in [5.41, 5.74) is 4.19. The van der Waals surface area contributed by atoms with E-state index in [-0.39, 0.29) is 12.3 Å². The van der Waals surface area contributed by atoms with E-state index in [9.17, 15) is 4.79 Å². The number of nitrogens with zero attached hydrogens (tertiary/aromatic N) is 3. The van der Waals surface area contributed by atoms with Crippen molar-refractivity contribution in [3.8, 4) is 10.6 Å². The second-order valence-electron chi connectivity index (χ2n) is 5.99. The summed E-state index contributed by atoms with van der Waals surface area (Å²) in [7, 11) is 1.88. The molecular weight excluding hydrogens is 320 g/mol. The van der Waals surface area contributed by atoms with Crippen molar-refractivity contribution in [3.05, 3.63) is 52.7 Å². The molecule has 0 bridgehead atoms. The zero-order valence-corrected chi connectivity index (χ0v) is 14.3. The minimum atomic E-state index is -0.0439. The average molecular weight is 338 g/mol. The summed E-state index contributed by atoms with van der Waals surface area (Å²) in [6, 6.07) is 10.0. The summed E-state index contributed by atoms with van der Waals surface area (Å²) < 4.78 is 1.78. The van der Waals surface area contributed by atoms with Gasteiger partial charge in [-0.2, -0.15) is 5.10 Å². The number of fused-ring (bicyclic) bond motifs is 1. The lowest BCUT2D eigenvalue weighted by molar-refractivity contribution is -0.115. The Morgan fingerprint density at radius 1 is 1.29 bits per heavy atom. The molecule has 0 fully saturated rings. The minimum Gasteiger partial charge on any atom is -0.310 e. The van der Waals surface area contributed by atoms with Crippen molar-refractivity contribution in [2.24, 2.45) is 7.05 Å². The van der Waals surface area contributed by atoms with Gasteiger partial charge in [-0.1, -0.05) is 30.3 Å². The molecule has 0 saturated heterocycles. The fourth-order valence-corrected chi connectivity index (χ4v) is 3.94. The van der Waals surface area contributed by atoms with Crippen LogP contribution in [0.15, 0.2) is 35.7 Å². The zero-order chi connectivity index (χ0) is 16.5. The van der Waals surface area contributed by atoms with Crippen LogP contribution in [0.1, 0.15) is 23.4 Å². The van der Waals surface area contributed by atoms with Crippen molar-refractivity contribution < 1.29 is 4.79 Å². The summed E-state index contributed by atoms with van der Waals surface area (Å²) >= 11 is 1.57. The summed E-state index contributed by atoms with van der Waals surface area (Å²) in [6.45, 7) is 0. The molecule has 1 amide bonds. The zero-order valence-electron chi connectivity index (χ0n) is 13.5. The molecule has 122 valence electrons. The standard InChI is InChI=1S/C18H18N4OS/c1-22-17(14-8-5-9-15(14)21-22)20-16(23)10-13-11-24-18(19-13)12-6-3-2-4-7-12/h2-4,6-7,11H,5,8-10H2,1H3,(H,20,23). The van der Waals surface area contributed by atoms with E-state index in [2.05, 4.69) is 15.4 Å². The highest BCUT2D eigenvalue weighted by molar-refractivity contribution is 7.13. The van der Waals surface area contributed by atoms with Crippen LogP contribution in [-0.2, 0) is 31.1 Å². The van der Waals surface area contributed by atoms with Gasteiger partial charge >= 0.3 is 0 Å². The summed E-state index contributed by atoms with van der Waals surface area (Å²) in [4.78, 5) is 17.0. The maximum Gasteiger partial charge on any atom is 0.231 e. The van der Waals surface area contributed by atoms with E-state index in [0.717, 1.165) is 47.0 Å². The normalized spacial score (nSPS) is 13.0. The van der Waals surface area contributed by atoms with E-state index in [1.165, 1.54) is 5.56 Å². The van der Waals surface area contributed by atoms with E-state index < -0.39 is 0 Å². The average Bonchev–Trinajstić information content (AvgIpc) is 3.28. The first kappa shape index (κ1) is 15.1. The Labute approximate surface area is 144 Å². The molecule has 0 aliphatic heterocycles. The molecule has 0 atom stereocenters. The molecule has 4 rings (SSSR count). The summed E-state index contributed by atoms with van der Waals surface area (Å²) in [5.74, 6) is 0.795. The van der Waals surface area contributed by atoms with E-state index in [1.54, 1.807) is 16.0 Å². The SMILES string of the molecule is Cn1nc2c(c1NC(=O)Cc1csc(-c3ccccc3)n1)CCC2. The summed E-state index contributed by atoms with van der Waals surface area (Å²) in [6.07, 6.45) is 3.40. The molecule has 2 aromatic heterocycles. The van der Waals surface area contributed by atoms with Gasteiger partial charge in [0.2, 0.25) is 5.91 Å². The molecule has 0 saturated carbocycles. The highest BCUT2D eigenvalue weighted by Gasteiger charge is 2.22. The van der Waals surface area contributed by atoms with Crippen LogP contribution in [0.3, 0.4) is 0 Å². The van der Waals surface area contributed by atoms with Gasteiger partial charge < -0.3 is 5.32 Å². The molecule has 1 N–H and O–H groups in total. The predicted octanol–water partition coefficient (Wildman–Crippen LogP) is 3.21. The minimum absolute atomic E-state index is 0.0439. The van der Waals surface area contributed by atoms with Gasteiger partial charge in [-0.05, 0) is 19.3 Å². The number of nitrogens with one attached hydrogen (secondary N) is 1. The molecule has 0 unspecified atom stereocenters. The maximum atomic E-state index is 12.4. The molecule has 1 aromatic carbocycles. The first-order chi connectivity index (χ1) is 11.7. The van der Waals surface area contributed by atoms with Crippen LogP contribution in [0.4, 0.5) is 5.82 Å². The molecule has 2 heterocycles. The molecule has 1 aliphatic carbocycles. The van der Waals surface area contributed by atoms with E-state index >= 15 is 0 Å². The number of carbonyl (C=O) groups is 1. The Balaban J connectivity index is 1.47. The van der Waals surface area contributed by atoms with Crippen LogP contribution in [0.25, 0.3) is 10.6 Å². The third-order valence-electron chi connectivity index (χ3n) is 4.24. The number of hydrogen-bond donors (Lipinski definition) is 1. The number of hydrogen-bond acceptors (Lipinski definition) is 4. The topological polar surface area (TPSA) is 59.8 Å². The lowest BCUT2D eigenvalue weighted by atomic mass is 10.2. The third kappa shape index (κ3) is 2.85. The van der Waals surface area contributed by atoms with E-state index in [0.29, 0.717) is 0 Å². The molecule has 0 spiro atoms. The molecule has 3 aromatic rings. The Bertz CT molecular complexity index is 882. The lowest BCUT2D eigenvalue weighted by Gasteiger charge is -2.06. The van der Waals surface area contributed by atoms with Gasteiger partial charge in [-0.15, -0.1) is 11.3 Å². The number of carbonyl (C=O) groups excluding carboxylic acids is 1. The second kappa shape index (κ2) is 6.20. The van der Waals surface area contributed by atoms with Crippen LogP contribution in [-0.4, -0.2) is 20.7 Å². The third-order valence-corrected chi connectivity index (χ3v) is 5.18.